The molecule has 1 aliphatic heterocycles. The van der Waals surface area contributed by atoms with Gasteiger partial charge in [-0.05, 0) is 52.2 Å². The van der Waals surface area contributed by atoms with Gasteiger partial charge in [-0.3, -0.25) is 4.79 Å². The van der Waals surface area contributed by atoms with E-state index >= 15 is 0 Å². The minimum absolute atomic E-state index is 0.0125. The van der Waals surface area contributed by atoms with Gasteiger partial charge in [0.05, 0.1) is 0 Å². The fraction of sp³-hybridized carbons (Fsp3) is 0.600. The van der Waals surface area contributed by atoms with Crippen molar-refractivity contribution in [2.45, 2.75) is 57.6 Å². The van der Waals surface area contributed by atoms with Crippen LogP contribution >= 0.6 is 0 Å². The van der Waals surface area contributed by atoms with Gasteiger partial charge in [-0.15, -0.1) is 0 Å². The predicted molar refractivity (Wildman–Crippen MR) is 96.2 cm³/mol. The molecule has 1 heterocycles. The van der Waals surface area contributed by atoms with Crippen LogP contribution in [0.15, 0.2) is 18.2 Å². The number of carbonyl (C=O) groups is 2. The maximum atomic E-state index is 14.0. The number of hydrogen-bond acceptors (Lipinski definition) is 3. The summed E-state index contributed by atoms with van der Waals surface area (Å²) in [4.78, 5) is 26.4. The number of ether oxygens (including phenoxy) is 1. The lowest BCUT2D eigenvalue weighted by molar-refractivity contribution is -0.133. The molecule has 1 N–H and O–H groups in total. The third kappa shape index (κ3) is 4.57. The van der Waals surface area contributed by atoms with Crippen molar-refractivity contribution < 1.29 is 23.1 Å². The summed E-state index contributed by atoms with van der Waals surface area (Å²) in [5.74, 6) is -2.08. The van der Waals surface area contributed by atoms with Gasteiger partial charge in [0.1, 0.15) is 17.2 Å². The zero-order valence-electron chi connectivity index (χ0n) is 15.9. The van der Waals surface area contributed by atoms with Gasteiger partial charge in [0.15, 0.2) is 0 Å². The quantitative estimate of drug-likeness (QED) is 0.869. The summed E-state index contributed by atoms with van der Waals surface area (Å²) in [5, 5.41) is 2.71. The monoisotopic (exact) mass is 380 g/mol. The van der Waals surface area contributed by atoms with Crippen molar-refractivity contribution in [2.24, 2.45) is 5.92 Å². The summed E-state index contributed by atoms with van der Waals surface area (Å²) in [5.41, 5.74) is -0.571. The zero-order chi connectivity index (χ0) is 19.8. The standard InChI is InChI=1S/C20H26F2N2O3/c1-20(2,3)27-19(26)23-11-12-6-5-9-24(12)18(25)14-10-13(14)17-15(21)7-4-8-16(17)22/h4,7-8,12-14H,5-6,9-11H2,1-3H3,(H,23,26)/t12-,13+,14+/m0/s1. The van der Waals surface area contributed by atoms with Crippen molar-refractivity contribution >= 4 is 12.0 Å². The Labute approximate surface area is 158 Å². The molecule has 0 aromatic heterocycles. The van der Waals surface area contributed by atoms with E-state index in [0.29, 0.717) is 19.5 Å². The molecule has 2 fully saturated rings. The fourth-order valence-electron chi connectivity index (χ4n) is 3.72. The van der Waals surface area contributed by atoms with Gasteiger partial charge in [0.25, 0.3) is 0 Å². The molecule has 148 valence electrons. The molecular weight excluding hydrogens is 354 g/mol. The molecule has 3 atom stereocenters. The first-order valence-corrected chi connectivity index (χ1v) is 9.38. The Hall–Kier alpha value is -2.18. The maximum absolute atomic E-state index is 14.0. The largest absolute Gasteiger partial charge is 0.444 e. The van der Waals surface area contributed by atoms with E-state index in [1.807, 2.05) is 0 Å². The molecule has 0 radical (unpaired) electrons. The Morgan fingerprint density at radius 2 is 1.93 bits per heavy atom. The van der Waals surface area contributed by atoms with Crippen LogP contribution in [-0.4, -0.2) is 41.6 Å². The van der Waals surface area contributed by atoms with E-state index in [1.54, 1.807) is 25.7 Å². The van der Waals surface area contributed by atoms with Gasteiger partial charge in [-0.25, -0.2) is 13.6 Å². The molecule has 1 aliphatic carbocycles. The number of benzene rings is 1. The SMILES string of the molecule is CC(C)(C)OC(=O)NC[C@@H]1CCCN1C(=O)[C@@H]1C[C@H]1c1c(F)cccc1F. The highest BCUT2D eigenvalue weighted by Crippen LogP contribution is 2.50. The van der Waals surface area contributed by atoms with E-state index in [9.17, 15) is 18.4 Å². The lowest BCUT2D eigenvalue weighted by Gasteiger charge is -2.26. The van der Waals surface area contributed by atoms with Crippen LogP contribution < -0.4 is 5.32 Å². The van der Waals surface area contributed by atoms with Gasteiger partial charge in [-0.2, -0.15) is 0 Å². The minimum Gasteiger partial charge on any atom is -0.444 e. The highest BCUT2D eigenvalue weighted by atomic mass is 19.1. The van der Waals surface area contributed by atoms with Crippen LogP contribution in [0.4, 0.5) is 13.6 Å². The van der Waals surface area contributed by atoms with Crippen LogP contribution in [0.5, 0.6) is 0 Å². The van der Waals surface area contributed by atoms with E-state index in [2.05, 4.69) is 5.32 Å². The summed E-state index contributed by atoms with van der Waals surface area (Å²) >= 11 is 0. The fourth-order valence-corrected chi connectivity index (χ4v) is 3.72. The first kappa shape index (κ1) is 19.6. The number of likely N-dealkylation sites (tertiary alicyclic amines) is 1. The minimum atomic E-state index is -0.597. The maximum Gasteiger partial charge on any atom is 0.407 e. The van der Waals surface area contributed by atoms with Crippen molar-refractivity contribution in [3.05, 3.63) is 35.4 Å². The van der Waals surface area contributed by atoms with Crippen molar-refractivity contribution in [2.75, 3.05) is 13.1 Å². The predicted octanol–water partition coefficient (Wildman–Crippen LogP) is 3.58. The van der Waals surface area contributed by atoms with Gasteiger partial charge in [0.2, 0.25) is 5.91 Å². The smallest absolute Gasteiger partial charge is 0.407 e. The molecule has 27 heavy (non-hydrogen) atoms. The summed E-state index contributed by atoms with van der Waals surface area (Å²) in [7, 11) is 0. The first-order valence-electron chi connectivity index (χ1n) is 9.38. The van der Waals surface area contributed by atoms with Crippen LogP contribution in [0.1, 0.15) is 51.5 Å². The molecule has 1 saturated heterocycles. The number of hydrogen-bond donors (Lipinski definition) is 1. The summed E-state index contributed by atoms with van der Waals surface area (Å²) in [6.45, 7) is 6.27. The summed E-state index contributed by atoms with van der Waals surface area (Å²) in [6.07, 6.45) is 1.57. The average Bonchev–Trinajstić information content (AvgIpc) is 3.18. The second kappa shape index (κ2) is 7.44. The normalized spacial score (nSPS) is 24.6. The lowest BCUT2D eigenvalue weighted by atomic mass is 10.1. The Morgan fingerprint density at radius 3 is 2.56 bits per heavy atom. The van der Waals surface area contributed by atoms with E-state index < -0.39 is 35.2 Å². The van der Waals surface area contributed by atoms with Gasteiger partial charge >= 0.3 is 6.09 Å². The van der Waals surface area contributed by atoms with Gasteiger partial charge < -0.3 is 15.0 Å². The van der Waals surface area contributed by atoms with E-state index in [1.165, 1.54) is 18.2 Å². The Bertz CT molecular complexity index is 712. The van der Waals surface area contributed by atoms with E-state index in [0.717, 1.165) is 12.8 Å². The second-order valence-corrected chi connectivity index (χ2v) is 8.29. The number of nitrogens with zero attached hydrogens (tertiary/aromatic N) is 1. The van der Waals surface area contributed by atoms with Crippen molar-refractivity contribution in [3.63, 3.8) is 0 Å². The zero-order valence-corrected chi connectivity index (χ0v) is 15.9. The Kier molecular flexibility index (Phi) is 5.40. The number of halogens is 2. The van der Waals surface area contributed by atoms with Crippen LogP contribution in [-0.2, 0) is 9.53 Å². The molecule has 0 bridgehead atoms. The molecular formula is C20H26F2N2O3. The lowest BCUT2D eigenvalue weighted by Crippen LogP contribution is -2.45. The molecule has 0 unspecified atom stereocenters. The molecule has 3 rings (SSSR count). The van der Waals surface area contributed by atoms with Crippen LogP contribution in [0, 0.1) is 17.6 Å². The highest BCUT2D eigenvalue weighted by Gasteiger charge is 2.49. The van der Waals surface area contributed by atoms with Crippen molar-refractivity contribution in [3.8, 4) is 0 Å². The Balaban J connectivity index is 1.58. The first-order chi connectivity index (χ1) is 12.7. The van der Waals surface area contributed by atoms with Crippen molar-refractivity contribution in [1.82, 2.24) is 10.2 Å². The number of rotatable bonds is 4. The van der Waals surface area contributed by atoms with Crippen LogP contribution in [0.3, 0.4) is 0 Å². The third-order valence-electron chi connectivity index (χ3n) is 5.02. The summed E-state index contributed by atoms with van der Waals surface area (Å²) < 4.78 is 33.1. The third-order valence-corrected chi connectivity index (χ3v) is 5.02. The van der Waals surface area contributed by atoms with E-state index in [4.69, 9.17) is 4.74 Å². The van der Waals surface area contributed by atoms with Gasteiger partial charge in [-0.1, -0.05) is 6.07 Å². The molecule has 2 amide bonds. The molecule has 0 spiro atoms. The molecule has 7 heteroatoms. The molecule has 2 aliphatic rings. The van der Waals surface area contributed by atoms with E-state index in [-0.39, 0.29) is 17.5 Å². The second-order valence-electron chi connectivity index (χ2n) is 8.29. The van der Waals surface area contributed by atoms with Crippen LogP contribution in [0.25, 0.3) is 0 Å². The molecule has 5 nitrogen and oxygen atoms in total. The van der Waals surface area contributed by atoms with Crippen molar-refractivity contribution in [1.29, 1.82) is 0 Å². The average molecular weight is 380 g/mol. The number of amides is 2. The Morgan fingerprint density at radius 1 is 1.26 bits per heavy atom. The topological polar surface area (TPSA) is 58.6 Å². The highest BCUT2D eigenvalue weighted by molar-refractivity contribution is 5.83. The number of carbonyl (C=O) groups excluding carboxylic acids is 2. The molecule has 1 saturated carbocycles. The van der Waals surface area contributed by atoms with Gasteiger partial charge in [0, 0.05) is 36.5 Å². The summed E-state index contributed by atoms with van der Waals surface area (Å²) in [6, 6.07) is 3.66. The molecule has 1 aromatic rings. The van der Waals surface area contributed by atoms with Crippen LogP contribution in [0.2, 0.25) is 0 Å². The number of nitrogens with one attached hydrogen (secondary N) is 1. The molecule has 1 aromatic carbocycles. The number of alkyl carbamates (subject to hydrolysis) is 1.